The topological polar surface area (TPSA) is 84.5 Å². The van der Waals surface area contributed by atoms with Gasteiger partial charge in [-0.05, 0) is 61.9 Å². The second-order valence-corrected chi connectivity index (χ2v) is 8.63. The number of benzene rings is 3. The Hall–Kier alpha value is -3.32. The first-order valence-corrected chi connectivity index (χ1v) is 11.0. The molecule has 3 rings (SSSR count). The fraction of sp³-hybridized carbons (Fsp3) is 0.174. The molecule has 7 heteroatoms. The molecule has 3 aromatic rings. The Morgan fingerprint density at radius 3 is 2.23 bits per heavy atom. The number of rotatable bonds is 8. The molecule has 3 aromatic carbocycles. The number of carbonyl (C=O) groups excluding carboxylic acids is 1. The van der Waals surface area contributed by atoms with Crippen molar-refractivity contribution < 1.29 is 17.9 Å². The van der Waals surface area contributed by atoms with E-state index in [4.69, 9.17) is 4.74 Å². The number of nitrogens with one attached hydrogen (secondary N) is 2. The highest BCUT2D eigenvalue weighted by Crippen LogP contribution is 2.17. The van der Waals surface area contributed by atoms with Crippen LogP contribution in [0.2, 0.25) is 0 Å². The zero-order chi connectivity index (χ0) is 21.6. The summed E-state index contributed by atoms with van der Waals surface area (Å²) < 4.78 is 33.0. The molecule has 0 saturated heterocycles. The van der Waals surface area contributed by atoms with Crippen molar-refractivity contribution in [1.29, 1.82) is 0 Å². The predicted molar refractivity (Wildman–Crippen MR) is 117 cm³/mol. The summed E-state index contributed by atoms with van der Waals surface area (Å²) in [7, 11) is -3.67. The van der Waals surface area contributed by atoms with Gasteiger partial charge in [0.25, 0.3) is 15.9 Å². The molecule has 0 saturated carbocycles. The van der Waals surface area contributed by atoms with Crippen LogP contribution >= 0.6 is 0 Å². The maximum atomic E-state index is 12.4. The minimum atomic E-state index is -3.67. The van der Waals surface area contributed by atoms with Crippen LogP contribution in [0.3, 0.4) is 0 Å². The molecule has 0 spiro atoms. The third-order valence-electron chi connectivity index (χ3n) is 4.41. The van der Waals surface area contributed by atoms with Gasteiger partial charge in [0.05, 0.1) is 10.9 Å². The molecular formula is C23H24N2O4S. The van der Waals surface area contributed by atoms with E-state index in [0.717, 1.165) is 11.3 Å². The smallest absolute Gasteiger partial charge is 0.261 e. The number of aryl methyl sites for hydroxylation is 1. The lowest BCUT2D eigenvalue weighted by Crippen LogP contribution is -2.36. The first kappa shape index (κ1) is 21.4. The number of amides is 1. The Bertz CT molecular complexity index is 1100. The van der Waals surface area contributed by atoms with Crippen molar-refractivity contribution >= 4 is 21.6 Å². The summed E-state index contributed by atoms with van der Waals surface area (Å²) in [4.78, 5) is 12.6. The molecule has 0 aliphatic heterocycles. The quantitative estimate of drug-likeness (QED) is 0.573. The third kappa shape index (κ3) is 5.61. The van der Waals surface area contributed by atoms with E-state index in [0.29, 0.717) is 17.9 Å². The molecule has 0 radical (unpaired) electrons. The van der Waals surface area contributed by atoms with Crippen molar-refractivity contribution in [3.8, 4) is 5.75 Å². The summed E-state index contributed by atoms with van der Waals surface area (Å²) in [5.41, 5.74) is 1.84. The van der Waals surface area contributed by atoms with Gasteiger partial charge in [-0.25, -0.2) is 8.42 Å². The molecule has 1 amide bonds. The summed E-state index contributed by atoms with van der Waals surface area (Å²) in [6.07, 6.45) is 0. The zero-order valence-electron chi connectivity index (χ0n) is 16.8. The van der Waals surface area contributed by atoms with Crippen LogP contribution in [0.4, 0.5) is 5.69 Å². The van der Waals surface area contributed by atoms with E-state index in [1.807, 2.05) is 38.1 Å². The number of ether oxygens (including phenoxy) is 1. The van der Waals surface area contributed by atoms with Crippen molar-refractivity contribution in [2.24, 2.45) is 0 Å². The van der Waals surface area contributed by atoms with Gasteiger partial charge < -0.3 is 10.1 Å². The highest BCUT2D eigenvalue weighted by Gasteiger charge is 2.15. The minimum absolute atomic E-state index is 0.175. The molecule has 0 heterocycles. The molecule has 0 aromatic heterocycles. The lowest BCUT2D eigenvalue weighted by atomic mass is 10.2. The standard InChI is InChI=1S/C23H24N2O4S/c1-17-8-6-7-11-22(17)29-16-18(2)24-23(26)19-12-14-20(15-13-19)25-30(27,28)21-9-4-3-5-10-21/h3-15,18,25H,16H2,1-2H3,(H,24,26)/t18-/m1/s1. The van der Waals surface area contributed by atoms with Gasteiger partial charge in [-0.1, -0.05) is 36.4 Å². The Labute approximate surface area is 177 Å². The Morgan fingerprint density at radius 2 is 1.57 bits per heavy atom. The van der Waals surface area contributed by atoms with Crippen LogP contribution in [-0.4, -0.2) is 27.0 Å². The van der Waals surface area contributed by atoms with E-state index in [1.165, 1.54) is 12.1 Å². The van der Waals surface area contributed by atoms with Crippen LogP contribution in [-0.2, 0) is 10.0 Å². The van der Waals surface area contributed by atoms with Crippen LogP contribution in [0.15, 0.2) is 83.8 Å². The lowest BCUT2D eigenvalue weighted by molar-refractivity contribution is 0.0926. The second-order valence-electron chi connectivity index (χ2n) is 6.95. The Kier molecular flexibility index (Phi) is 6.74. The van der Waals surface area contributed by atoms with Gasteiger partial charge in [0.2, 0.25) is 0 Å². The van der Waals surface area contributed by atoms with Crippen molar-refractivity contribution in [1.82, 2.24) is 5.32 Å². The number of para-hydroxylation sites is 1. The van der Waals surface area contributed by atoms with Crippen LogP contribution in [0.25, 0.3) is 0 Å². The van der Waals surface area contributed by atoms with E-state index in [2.05, 4.69) is 10.0 Å². The molecular weight excluding hydrogens is 400 g/mol. The van der Waals surface area contributed by atoms with Crippen molar-refractivity contribution in [3.05, 3.63) is 90.0 Å². The first-order valence-electron chi connectivity index (χ1n) is 9.52. The fourth-order valence-corrected chi connectivity index (χ4v) is 3.86. The number of anilines is 1. The maximum Gasteiger partial charge on any atom is 0.261 e. The van der Waals surface area contributed by atoms with Gasteiger partial charge in [0.15, 0.2) is 0 Å². The van der Waals surface area contributed by atoms with E-state index in [-0.39, 0.29) is 16.8 Å². The van der Waals surface area contributed by atoms with Gasteiger partial charge in [0.1, 0.15) is 12.4 Å². The van der Waals surface area contributed by atoms with Gasteiger partial charge in [-0.2, -0.15) is 0 Å². The molecule has 0 unspecified atom stereocenters. The number of hydrogen-bond donors (Lipinski definition) is 2. The van der Waals surface area contributed by atoms with Crippen LogP contribution in [0.5, 0.6) is 5.75 Å². The number of hydrogen-bond acceptors (Lipinski definition) is 4. The Balaban J connectivity index is 1.56. The van der Waals surface area contributed by atoms with Crippen molar-refractivity contribution in [2.45, 2.75) is 24.8 Å². The molecule has 0 aliphatic carbocycles. The zero-order valence-corrected chi connectivity index (χ0v) is 17.6. The lowest BCUT2D eigenvalue weighted by Gasteiger charge is -2.16. The molecule has 0 aliphatic rings. The summed E-state index contributed by atoms with van der Waals surface area (Å²) in [5, 5.41) is 2.88. The number of sulfonamides is 1. The Morgan fingerprint density at radius 1 is 0.933 bits per heavy atom. The fourth-order valence-electron chi connectivity index (χ4n) is 2.79. The normalized spacial score (nSPS) is 12.1. The van der Waals surface area contributed by atoms with Gasteiger partial charge >= 0.3 is 0 Å². The first-order chi connectivity index (χ1) is 14.3. The largest absolute Gasteiger partial charge is 0.491 e. The van der Waals surface area contributed by atoms with Crippen LogP contribution in [0, 0.1) is 6.92 Å². The average molecular weight is 425 g/mol. The minimum Gasteiger partial charge on any atom is -0.491 e. The van der Waals surface area contributed by atoms with E-state index in [1.54, 1.807) is 42.5 Å². The molecule has 2 N–H and O–H groups in total. The molecule has 156 valence electrons. The molecule has 0 bridgehead atoms. The summed E-state index contributed by atoms with van der Waals surface area (Å²) in [6, 6.07) is 21.9. The highest BCUT2D eigenvalue weighted by molar-refractivity contribution is 7.92. The van der Waals surface area contributed by atoms with E-state index >= 15 is 0 Å². The molecule has 0 fully saturated rings. The monoisotopic (exact) mass is 424 g/mol. The maximum absolute atomic E-state index is 12.4. The number of carbonyl (C=O) groups is 1. The van der Waals surface area contributed by atoms with E-state index in [9.17, 15) is 13.2 Å². The SMILES string of the molecule is Cc1ccccc1OC[C@@H](C)NC(=O)c1ccc(NS(=O)(=O)c2ccccc2)cc1. The second kappa shape index (κ2) is 9.45. The van der Waals surface area contributed by atoms with Gasteiger partial charge in [-0.15, -0.1) is 0 Å². The highest BCUT2D eigenvalue weighted by atomic mass is 32.2. The van der Waals surface area contributed by atoms with Crippen LogP contribution in [0.1, 0.15) is 22.8 Å². The van der Waals surface area contributed by atoms with Gasteiger partial charge in [-0.3, -0.25) is 9.52 Å². The summed E-state index contributed by atoms with van der Waals surface area (Å²) in [6.45, 7) is 4.16. The third-order valence-corrected chi connectivity index (χ3v) is 5.81. The molecule has 1 atom stereocenters. The molecule has 6 nitrogen and oxygen atoms in total. The van der Waals surface area contributed by atoms with E-state index < -0.39 is 10.0 Å². The van der Waals surface area contributed by atoms with Gasteiger partial charge in [0, 0.05) is 11.3 Å². The van der Waals surface area contributed by atoms with Crippen molar-refractivity contribution in [2.75, 3.05) is 11.3 Å². The average Bonchev–Trinajstić information content (AvgIpc) is 2.74. The summed E-state index contributed by atoms with van der Waals surface area (Å²) >= 11 is 0. The van der Waals surface area contributed by atoms with Crippen LogP contribution < -0.4 is 14.8 Å². The van der Waals surface area contributed by atoms with Crippen molar-refractivity contribution in [3.63, 3.8) is 0 Å². The predicted octanol–water partition coefficient (Wildman–Crippen LogP) is 3.99. The summed E-state index contributed by atoms with van der Waals surface area (Å²) in [5.74, 6) is 0.530. The molecule has 30 heavy (non-hydrogen) atoms.